The lowest BCUT2D eigenvalue weighted by molar-refractivity contribution is 0.251. The highest BCUT2D eigenvalue weighted by molar-refractivity contribution is 5.89. The normalized spacial score (nSPS) is 9.38. The van der Waals surface area contributed by atoms with Gasteiger partial charge in [0, 0.05) is 17.8 Å². The molecule has 0 atom stereocenters. The summed E-state index contributed by atoms with van der Waals surface area (Å²) in [7, 11) is 0. The molecular formula is C17H16N2O2. The van der Waals surface area contributed by atoms with Crippen LogP contribution in [0.25, 0.3) is 0 Å². The van der Waals surface area contributed by atoms with Gasteiger partial charge >= 0.3 is 6.03 Å². The second kappa shape index (κ2) is 7.73. The molecule has 0 aliphatic heterocycles. The van der Waals surface area contributed by atoms with Gasteiger partial charge in [-0.2, -0.15) is 0 Å². The first kappa shape index (κ1) is 14.6. The summed E-state index contributed by atoms with van der Waals surface area (Å²) < 4.78 is 0. The average Bonchev–Trinajstić information content (AvgIpc) is 2.53. The van der Waals surface area contributed by atoms with E-state index in [1.165, 1.54) is 0 Å². The lowest BCUT2D eigenvalue weighted by Crippen LogP contribution is -2.28. The molecule has 0 saturated heterocycles. The van der Waals surface area contributed by atoms with E-state index in [2.05, 4.69) is 22.5 Å². The predicted molar refractivity (Wildman–Crippen MR) is 82.7 cm³/mol. The van der Waals surface area contributed by atoms with Crippen LogP contribution in [0.4, 0.5) is 10.5 Å². The van der Waals surface area contributed by atoms with Gasteiger partial charge in [-0.3, -0.25) is 0 Å². The lowest BCUT2D eigenvalue weighted by atomic mass is 10.2. The third kappa shape index (κ3) is 5.01. The van der Waals surface area contributed by atoms with E-state index >= 15 is 0 Å². The van der Waals surface area contributed by atoms with Gasteiger partial charge in [-0.15, -0.1) is 0 Å². The highest BCUT2D eigenvalue weighted by atomic mass is 16.2. The minimum absolute atomic E-state index is 0.165. The molecule has 0 aliphatic rings. The number of benzene rings is 2. The van der Waals surface area contributed by atoms with Crippen molar-refractivity contribution in [2.24, 2.45) is 0 Å². The van der Waals surface area contributed by atoms with Crippen molar-refractivity contribution in [3.05, 3.63) is 65.7 Å². The Hall–Kier alpha value is -2.77. The second-order valence-corrected chi connectivity index (χ2v) is 4.33. The molecule has 0 aromatic heterocycles. The van der Waals surface area contributed by atoms with Crippen molar-refractivity contribution in [1.29, 1.82) is 0 Å². The van der Waals surface area contributed by atoms with Crippen molar-refractivity contribution in [2.75, 3.05) is 11.9 Å². The Morgan fingerprint density at radius 1 is 1.05 bits per heavy atom. The average molecular weight is 280 g/mol. The summed E-state index contributed by atoms with van der Waals surface area (Å²) in [6.45, 7) is 0.314. The number of urea groups is 1. The lowest BCUT2D eigenvalue weighted by Gasteiger charge is -2.07. The van der Waals surface area contributed by atoms with Gasteiger partial charge in [-0.25, -0.2) is 4.79 Å². The number of aliphatic hydroxyl groups is 1. The molecule has 2 aromatic carbocycles. The quantitative estimate of drug-likeness (QED) is 0.756. The fourth-order valence-corrected chi connectivity index (χ4v) is 1.73. The first-order valence-corrected chi connectivity index (χ1v) is 6.56. The number of anilines is 1. The largest absolute Gasteiger partial charge is 0.384 e. The van der Waals surface area contributed by atoms with E-state index in [0.29, 0.717) is 12.2 Å². The monoisotopic (exact) mass is 280 g/mol. The summed E-state index contributed by atoms with van der Waals surface area (Å²) in [6, 6.07) is 16.6. The van der Waals surface area contributed by atoms with E-state index in [4.69, 9.17) is 5.11 Å². The van der Waals surface area contributed by atoms with Crippen molar-refractivity contribution in [3.8, 4) is 11.8 Å². The zero-order valence-corrected chi connectivity index (χ0v) is 11.5. The molecule has 0 fully saturated rings. The minimum Gasteiger partial charge on any atom is -0.384 e. The Morgan fingerprint density at radius 3 is 2.43 bits per heavy atom. The smallest absolute Gasteiger partial charge is 0.319 e. The molecule has 21 heavy (non-hydrogen) atoms. The maximum absolute atomic E-state index is 11.8. The number of amides is 2. The van der Waals surface area contributed by atoms with Crippen LogP contribution in [0, 0.1) is 11.8 Å². The van der Waals surface area contributed by atoms with E-state index in [9.17, 15) is 4.79 Å². The Balaban J connectivity index is 1.85. The van der Waals surface area contributed by atoms with Gasteiger partial charge in [0.15, 0.2) is 0 Å². The first-order chi connectivity index (χ1) is 10.3. The molecule has 4 heteroatoms. The van der Waals surface area contributed by atoms with E-state index in [0.717, 1.165) is 11.1 Å². The van der Waals surface area contributed by atoms with Crippen molar-refractivity contribution in [3.63, 3.8) is 0 Å². The van der Waals surface area contributed by atoms with Crippen LogP contribution in [0.1, 0.15) is 11.1 Å². The van der Waals surface area contributed by atoms with Crippen LogP contribution < -0.4 is 10.6 Å². The van der Waals surface area contributed by atoms with Crippen molar-refractivity contribution < 1.29 is 9.90 Å². The summed E-state index contributed by atoms with van der Waals surface area (Å²) >= 11 is 0. The number of carbonyl (C=O) groups excluding carboxylic acids is 1. The third-order valence-electron chi connectivity index (χ3n) is 2.75. The molecule has 2 rings (SSSR count). The summed E-state index contributed by atoms with van der Waals surface area (Å²) in [5.41, 5.74) is 2.52. The zero-order chi connectivity index (χ0) is 14.9. The zero-order valence-electron chi connectivity index (χ0n) is 11.5. The van der Waals surface area contributed by atoms with Gasteiger partial charge in [0.2, 0.25) is 0 Å². The molecular weight excluding hydrogens is 264 g/mol. The van der Waals surface area contributed by atoms with Gasteiger partial charge < -0.3 is 15.7 Å². The molecule has 0 aliphatic carbocycles. The van der Waals surface area contributed by atoms with Gasteiger partial charge in [0.05, 0.1) is 0 Å². The van der Waals surface area contributed by atoms with E-state index in [-0.39, 0.29) is 12.6 Å². The van der Waals surface area contributed by atoms with Crippen LogP contribution in [0.15, 0.2) is 54.6 Å². The van der Waals surface area contributed by atoms with Crippen LogP contribution in [0.3, 0.4) is 0 Å². The van der Waals surface area contributed by atoms with Crippen LogP contribution in [0.5, 0.6) is 0 Å². The number of hydrogen-bond acceptors (Lipinski definition) is 2. The Morgan fingerprint density at radius 2 is 1.76 bits per heavy atom. The van der Waals surface area contributed by atoms with E-state index < -0.39 is 0 Å². The molecule has 2 aromatic rings. The summed E-state index contributed by atoms with van der Waals surface area (Å²) in [5.74, 6) is 5.36. The minimum atomic E-state index is -0.256. The molecule has 0 heterocycles. The second-order valence-electron chi connectivity index (χ2n) is 4.33. The number of nitrogens with one attached hydrogen (secondary N) is 2. The van der Waals surface area contributed by atoms with Gasteiger partial charge in [0.1, 0.15) is 6.61 Å². The standard InChI is InChI=1S/C17H16N2O2/c20-12-4-7-14-8-10-16(11-9-14)19-17(21)18-13-15-5-2-1-3-6-15/h1-3,5-6,8-11,20H,12-13H2,(H2,18,19,21). The van der Waals surface area contributed by atoms with Gasteiger partial charge in [-0.1, -0.05) is 42.2 Å². The fraction of sp³-hybridized carbons (Fsp3) is 0.118. The predicted octanol–water partition coefficient (Wildman–Crippen LogP) is 2.35. The summed E-state index contributed by atoms with van der Waals surface area (Å²) in [6.07, 6.45) is 0. The van der Waals surface area contributed by atoms with E-state index in [1.54, 1.807) is 24.3 Å². The highest BCUT2D eigenvalue weighted by Crippen LogP contribution is 2.08. The van der Waals surface area contributed by atoms with E-state index in [1.807, 2.05) is 30.3 Å². The molecule has 0 saturated carbocycles. The van der Waals surface area contributed by atoms with Crippen LogP contribution in [0.2, 0.25) is 0 Å². The van der Waals surface area contributed by atoms with Crippen molar-refractivity contribution in [2.45, 2.75) is 6.54 Å². The SMILES string of the molecule is O=C(NCc1ccccc1)Nc1ccc(C#CCO)cc1. The molecule has 3 N–H and O–H groups in total. The molecule has 0 unspecified atom stereocenters. The van der Waals surface area contributed by atoms with Gasteiger partial charge in [-0.05, 0) is 29.8 Å². The summed E-state index contributed by atoms with van der Waals surface area (Å²) in [4.78, 5) is 11.8. The molecule has 0 radical (unpaired) electrons. The van der Waals surface area contributed by atoms with Crippen molar-refractivity contribution in [1.82, 2.24) is 5.32 Å². The highest BCUT2D eigenvalue weighted by Gasteiger charge is 2.01. The van der Waals surface area contributed by atoms with Crippen LogP contribution in [-0.4, -0.2) is 17.7 Å². The molecule has 106 valence electrons. The Labute approximate surface area is 123 Å². The van der Waals surface area contributed by atoms with Crippen LogP contribution in [-0.2, 0) is 6.54 Å². The molecule has 4 nitrogen and oxygen atoms in total. The first-order valence-electron chi connectivity index (χ1n) is 6.56. The number of hydrogen-bond donors (Lipinski definition) is 3. The third-order valence-corrected chi connectivity index (χ3v) is 2.75. The summed E-state index contributed by atoms with van der Waals surface area (Å²) in [5, 5.41) is 14.1. The molecule has 0 spiro atoms. The number of carbonyl (C=O) groups is 1. The van der Waals surface area contributed by atoms with Gasteiger partial charge in [0.25, 0.3) is 0 Å². The maximum atomic E-state index is 11.8. The maximum Gasteiger partial charge on any atom is 0.319 e. The van der Waals surface area contributed by atoms with Crippen LogP contribution >= 0.6 is 0 Å². The topological polar surface area (TPSA) is 61.4 Å². The molecule has 2 amide bonds. The number of rotatable bonds is 3. The Kier molecular flexibility index (Phi) is 5.39. The molecule has 0 bridgehead atoms. The Bertz CT molecular complexity index is 640. The fourth-order valence-electron chi connectivity index (χ4n) is 1.73. The number of aliphatic hydroxyl groups excluding tert-OH is 1. The van der Waals surface area contributed by atoms with Crippen molar-refractivity contribution >= 4 is 11.7 Å².